The number of fused-ring (bicyclic) bond motifs is 1. The number of guanidine groups is 1. The van der Waals surface area contributed by atoms with E-state index in [0.717, 1.165) is 54.0 Å². The molecule has 4 fully saturated rings. The van der Waals surface area contributed by atoms with Crippen molar-refractivity contribution in [3.8, 4) is 0 Å². The van der Waals surface area contributed by atoms with Crippen molar-refractivity contribution in [2.75, 3.05) is 6.61 Å². The monoisotopic (exact) mass is 588 g/mol. The van der Waals surface area contributed by atoms with E-state index in [-0.39, 0.29) is 18.4 Å². The van der Waals surface area contributed by atoms with Gasteiger partial charge in [0.25, 0.3) is 5.96 Å². The van der Waals surface area contributed by atoms with Crippen LogP contribution in [0.2, 0.25) is 0 Å². The Hall–Kier alpha value is -3.96. The molecule has 11 heteroatoms. The standard InChI is InChI=1S/C32H40N6O5/c1-32(16-24-17-33-26-10-6-5-9-25(24)26,30(41)34-27(18-39)29(40)21-7-3-2-4-8-21)36-31(37-38(42)43)35-28-22-12-19-11-20(14-22)15-23(28)13-19/h2-10,17,19-20,22-23,27-29,33,39-40H,11-16,18H2,1H3,(H,34,41)(H2,35,36,37). The second-order valence-corrected chi connectivity index (χ2v) is 12.9. The lowest BCUT2D eigenvalue weighted by atomic mass is 9.54. The minimum Gasteiger partial charge on any atom is -0.394 e. The Labute approximate surface area is 250 Å². The number of benzene rings is 2. The van der Waals surface area contributed by atoms with Gasteiger partial charge in [-0.1, -0.05) is 54.0 Å². The summed E-state index contributed by atoms with van der Waals surface area (Å²) in [6.07, 6.45) is 6.48. The first-order chi connectivity index (χ1) is 20.7. The number of hydrogen-bond acceptors (Lipinski definition) is 6. The van der Waals surface area contributed by atoms with Crippen molar-refractivity contribution in [2.45, 2.75) is 69.2 Å². The molecule has 0 aliphatic heterocycles. The molecule has 1 aromatic heterocycles. The Morgan fingerprint density at radius 1 is 1.07 bits per heavy atom. The van der Waals surface area contributed by atoms with Gasteiger partial charge < -0.3 is 25.8 Å². The summed E-state index contributed by atoms with van der Waals surface area (Å²) in [5, 5.41) is 39.2. The van der Waals surface area contributed by atoms with E-state index in [1.807, 2.05) is 36.5 Å². The number of amides is 1. The molecule has 11 nitrogen and oxygen atoms in total. The Bertz CT molecular complexity index is 1460. The van der Waals surface area contributed by atoms with E-state index >= 15 is 0 Å². The fourth-order valence-corrected chi connectivity index (χ4v) is 7.97. The number of aliphatic hydroxyl groups is 2. The van der Waals surface area contributed by atoms with E-state index in [1.165, 1.54) is 6.42 Å². The van der Waals surface area contributed by atoms with Gasteiger partial charge in [0.15, 0.2) is 5.03 Å². The predicted molar refractivity (Wildman–Crippen MR) is 162 cm³/mol. The van der Waals surface area contributed by atoms with Crippen LogP contribution in [0.5, 0.6) is 0 Å². The average Bonchev–Trinajstić information content (AvgIpc) is 3.39. The number of hydrazine groups is 1. The van der Waals surface area contributed by atoms with Gasteiger partial charge >= 0.3 is 0 Å². The average molecular weight is 589 g/mol. The van der Waals surface area contributed by atoms with Crippen molar-refractivity contribution >= 4 is 22.8 Å². The van der Waals surface area contributed by atoms with Crippen LogP contribution in [0.3, 0.4) is 0 Å². The smallest absolute Gasteiger partial charge is 0.255 e. The molecule has 4 bridgehead atoms. The molecule has 3 atom stereocenters. The van der Waals surface area contributed by atoms with Gasteiger partial charge in [0, 0.05) is 23.5 Å². The first kappa shape index (κ1) is 29.1. The number of nitrogens with one attached hydrogen (secondary N) is 4. The third-order valence-corrected chi connectivity index (χ3v) is 9.80. The molecule has 1 amide bonds. The fourth-order valence-electron chi connectivity index (χ4n) is 7.97. The highest BCUT2D eigenvalue weighted by Crippen LogP contribution is 2.54. The highest BCUT2D eigenvalue weighted by molar-refractivity contribution is 5.93. The van der Waals surface area contributed by atoms with Gasteiger partial charge in [-0.2, -0.15) is 0 Å². The normalized spacial score (nSPS) is 27.3. The second-order valence-electron chi connectivity index (χ2n) is 12.9. The number of aliphatic hydroxyl groups excluding tert-OH is 2. The molecule has 43 heavy (non-hydrogen) atoms. The summed E-state index contributed by atoms with van der Waals surface area (Å²) in [5.41, 5.74) is 3.10. The summed E-state index contributed by atoms with van der Waals surface area (Å²) >= 11 is 0. The van der Waals surface area contributed by atoms with Gasteiger partial charge in [-0.05, 0) is 79.9 Å². The number of aromatic nitrogens is 1. The number of nitrogens with zero attached hydrogens (tertiary/aromatic N) is 2. The van der Waals surface area contributed by atoms with E-state index in [4.69, 9.17) is 4.99 Å². The summed E-state index contributed by atoms with van der Waals surface area (Å²) < 4.78 is 0. The maximum absolute atomic E-state index is 14.1. The molecule has 4 saturated carbocycles. The lowest BCUT2D eigenvalue weighted by Crippen LogP contribution is -2.63. The van der Waals surface area contributed by atoms with E-state index in [1.54, 1.807) is 31.2 Å². The van der Waals surface area contributed by atoms with E-state index in [2.05, 4.69) is 21.0 Å². The highest BCUT2D eigenvalue weighted by atomic mass is 16.7. The van der Waals surface area contributed by atoms with Crippen molar-refractivity contribution in [1.29, 1.82) is 0 Å². The van der Waals surface area contributed by atoms with Crippen molar-refractivity contribution in [3.63, 3.8) is 0 Å². The fraction of sp³-hybridized carbons (Fsp3) is 0.500. The summed E-state index contributed by atoms with van der Waals surface area (Å²) in [6, 6.07) is 15.5. The van der Waals surface area contributed by atoms with Gasteiger partial charge in [0.05, 0.1) is 18.7 Å². The molecule has 228 valence electrons. The molecular weight excluding hydrogens is 548 g/mol. The second kappa shape index (κ2) is 12.0. The SMILES string of the molecule is CC(Cc1c[nH]c2ccccc12)(NC(=NC1C2CC3CC(C2)CC1C3)N[N+](=O)[O-])C(=O)NC(CO)C(O)c1ccccc1. The summed E-state index contributed by atoms with van der Waals surface area (Å²) in [7, 11) is 0. The van der Waals surface area contributed by atoms with Crippen LogP contribution < -0.4 is 16.1 Å². The Balaban J connectivity index is 1.32. The minimum absolute atomic E-state index is 0.0479. The quantitative estimate of drug-likeness (QED) is 0.0916. The number of hydrogen-bond donors (Lipinski definition) is 6. The third kappa shape index (κ3) is 6.09. The van der Waals surface area contributed by atoms with Crippen molar-refractivity contribution in [1.82, 2.24) is 21.0 Å². The predicted octanol–water partition coefficient (Wildman–Crippen LogP) is 3.23. The maximum Gasteiger partial charge on any atom is 0.255 e. The molecule has 0 saturated heterocycles. The van der Waals surface area contributed by atoms with E-state index < -0.39 is 35.2 Å². The largest absolute Gasteiger partial charge is 0.394 e. The van der Waals surface area contributed by atoms with Gasteiger partial charge in [-0.3, -0.25) is 4.79 Å². The first-order valence-electron chi connectivity index (χ1n) is 15.2. The number of nitro groups is 1. The number of H-pyrrole nitrogens is 1. The lowest BCUT2D eigenvalue weighted by molar-refractivity contribution is -0.525. The van der Waals surface area contributed by atoms with E-state index in [0.29, 0.717) is 17.4 Å². The molecule has 3 unspecified atom stereocenters. The van der Waals surface area contributed by atoms with Crippen LogP contribution >= 0.6 is 0 Å². The molecule has 7 rings (SSSR count). The van der Waals surface area contributed by atoms with Crippen LogP contribution in [0.1, 0.15) is 56.3 Å². The number of carbonyl (C=O) groups is 1. The zero-order valence-corrected chi connectivity index (χ0v) is 24.3. The van der Waals surface area contributed by atoms with Crippen molar-refractivity contribution in [3.05, 3.63) is 82.0 Å². The van der Waals surface area contributed by atoms with Gasteiger partial charge in [-0.25, -0.2) is 15.1 Å². The van der Waals surface area contributed by atoms with Crippen LogP contribution in [-0.2, 0) is 11.2 Å². The molecule has 4 aliphatic rings. The summed E-state index contributed by atoms with van der Waals surface area (Å²) in [4.78, 5) is 34.1. The van der Waals surface area contributed by atoms with Crippen molar-refractivity contribution in [2.24, 2.45) is 28.7 Å². The molecule has 3 aromatic rings. The number of aromatic amines is 1. The third-order valence-electron chi connectivity index (χ3n) is 9.80. The van der Waals surface area contributed by atoms with Gasteiger partial charge in [0.2, 0.25) is 5.91 Å². The van der Waals surface area contributed by atoms with Crippen LogP contribution in [0.15, 0.2) is 65.8 Å². The Kier molecular flexibility index (Phi) is 8.11. The molecule has 0 spiro atoms. The van der Waals surface area contributed by atoms with Crippen LogP contribution in [0.25, 0.3) is 10.9 Å². The molecule has 2 aromatic carbocycles. The Morgan fingerprint density at radius 3 is 2.37 bits per heavy atom. The molecule has 0 radical (unpaired) electrons. The van der Waals surface area contributed by atoms with Crippen LogP contribution in [0.4, 0.5) is 0 Å². The van der Waals surface area contributed by atoms with Gasteiger partial charge in [-0.15, -0.1) is 0 Å². The van der Waals surface area contributed by atoms with Crippen LogP contribution in [-0.4, -0.2) is 56.3 Å². The minimum atomic E-state index is -1.44. The number of rotatable bonds is 10. The topological polar surface area (TPSA) is 165 Å². The first-order valence-corrected chi connectivity index (χ1v) is 15.2. The zero-order valence-electron chi connectivity index (χ0n) is 24.3. The molecule has 4 aliphatic carbocycles. The summed E-state index contributed by atoms with van der Waals surface area (Å²) in [5.74, 6) is 1.63. The highest BCUT2D eigenvalue weighted by Gasteiger charge is 2.49. The van der Waals surface area contributed by atoms with Crippen molar-refractivity contribution < 1.29 is 20.0 Å². The van der Waals surface area contributed by atoms with E-state index in [9.17, 15) is 25.1 Å². The number of carbonyl (C=O) groups excluding carboxylic acids is 1. The summed E-state index contributed by atoms with van der Waals surface area (Å²) in [6.45, 7) is 1.16. The number of aliphatic imine (C=N–C) groups is 1. The maximum atomic E-state index is 14.1. The van der Waals surface area contributed by atoms with Crippen LogP contribution in [0, 0.1) is 33.8 Å². The zero-order chi connectivity index (χ0) is 30.1. The number of para-hydroxylation sites is 1. The molecular formula is C32H40N6O5. The van der Waals surface area contributed by atoms with Gasteiger partial charge in [0.1, 0.15) is 11.6 Å². The lowest BCUT2D eigenvalue weighted by Gasteiger charge is -2.53. The Morgan fingerprint density at radius 2 is 1.72 bits per heavy atom. The molecule has 1 heterocycles. The molecule has 6 N–H and O–H groups in total.